The highest BCUT2D eigenvalue weighted by atomic mass is 32.2. The minimum atomic E-state index is -4.87. The van der Waals surface area contributed by atoms with Crippen LogP contribution in [0.2, 0.25) is 0 Å². The summed E-state index contributed by atoms with van der Waals surface area (Å²) in [5.41, 5.74) is -4.30. The largest absolute Gasteiger partial charge is 0.494 e. The molecule has 43 heavy (non-hydrogen) atoms. The van der Waals surface area contributed by atoms with Crippen LogP contribution in [0.4, 0.5) is 31.5 Å². The van der Waals surface area contributed by atoms with Crippen molar-refractivity contribution in [3.05, 3.63) is 70.0 Å². The number of thioether (sulfide) groups is 1. The molecule has 1 N–H and O–H groups in total. The van der Waals surface area contributed by atoms with Crippen LogP contribution in [-0.2, 0) is 17.1 Å². The highest BCUT2D eigenvalue weighted by Gasteiger charge is 2.34. The van der Waals surface area contributed by atoms with Crippen LogP contribution in [0.15, 0.2) is 52.0 Å². The van der Waals surface area contributed by atoms with E-state index in [1.54, 1.807) is 0 Å². The molecule has 5 heterocycles. The van der Waals surface area contributed by atoms with Gasteiger partial charge in [-0.15, -0.1) is 10.2 Å². The van der Waals surface area contributed by atoms with Gasteiger partial charge in [-0.3, -0.25) is 19.5 Å². The summed E-state index contributed by atoms with van der Waals surface area (Å²) in [6.07, 6.45) is -6.23. The van der Waals surface area contributed by atoms with E-state index in [1.165, 1.54) is 18.9 Å². The molecule has 1 fully saturated rings. The van der Waals surface area contributed by atoms with Crippen LogP contribution in [0.5, 0.6) is 5.75 Å². The topological polar surface area (TPSA) is 121 Å². The number of alkyl halides is 6. The molecule has 1 aliphatic rings. The van der Waals surface area contributed by atoms with Crippen molar-refractivity contribution in [3.63, 3.8) is 0 Å². The average Bonchev–Trinajstić information content (AvgIpc) is 3.63. The molecule has 0 aromatic carbocycles. The minimum Gasteiger partial charge on any atom is -0.494 e. The van der Waals surface area contributed by atoms with E-state index in [-0.39, 0.29) is 38.6 Å². The number of nitrogens with one attached hydrogen (secondary N) is 1. The number of hydrogen-bond donors (Lipinski definition) is 1. The van der Waals surface area contributed by atoms with E-state index in [2.05, 4.69) is 25.5 Å². The third-order valence-electron chi connectivity index (χ3n) is 6.08. The number of pyridine rings is 3. The Morgan fingerprint density at radius 2 is 1.88 bits per heavy atom. The van der Waals surface area contributed by atoms with Gasteiger partial charge in [0.25, 0.3) is 11.5 Å². The molecule has 1 amide bonds. The molecule has 18 heteroatoms. The quantitative estimate of drug-likeness (QED) is 0.210. The Bertz CT molecular complexity index is 1720. The van der Waals surface area contributed by atoms with Gasteiger partial charge in [-0.05, 0) is 24.6 Å². The lowest BCUT2D eigenvalue weighted by atomic mass is 10.00. The van der Waals surface area contributed by atoms with Gasteiger partial charge >= 0.3 is 12.4 Å². The molecule has 0 saturated carbocycles. The summed E-state index contributed by atoms with van der Waals surface area (Å²) < 4.78 is 91.9. The molecule has 1 atom stereocenters. The zero-order chi connectivity index (χ0) is 30.9. The van der Waals surface area contributed by atoms with E-state index < -0.39 is 35.1 Å². The van der Waals surface area contributed by atoms with Crippen LogP contribution in [-0.4, -0.2) is 56.2 Å². The fourth-order valence-electron chi connectivity index (χ4n) is 4.02. The standard InChI is InChI=1S/C25H18F6N6O4S2/c1-40-17-10-32-18(25(29,30)31)7-15(17)14-8-19(37-4-2-12(6-20(37)38)24(26,27)28)33-9-16(14)21(39)34-22-35-36-23(43-22)42-13-3-5-41-11-13/h2,4,6-10,13H,3,5,11H2,1H3,(H,34,35,39). The first-order valence-electron chi connectivity index (χ1n) is 12.1. The van der Waals surface area contributed by atoms with Crippen LogP contribution >= 0.6 is 23.1 Å². The number of anilines is 1. The number of hydrogen-bond acceptors (Lipinski definition) is 10. The Labute approximate surface area is 246 Å². The SMILES string of the molecule is COc1cnc(C(F)(F)F)cc1-c1cc(-n2ccc(C(F)(F)F)cc2=O)ncc1C(=O)Nc1nnc(SC2CCOC2)s1. The summed E-state index contributed by atoms with van der Waals surface area (Å²) >= 11 is 2.51. The van der Waals surface area contributed by atoms with Gasteiger partial charge in [-0.2, -0.15) is 26.3 Å². The Balaban J connectivity index is 1.57. The molecule has 0 aliphatic carbocycles. The summed E-state index contributed by atoms with van der Waals surface area (Å²) in [6.45, 7) is 1.17. The number of halogens is 6. The highest BCUT2D eigenvalue weighted by Crippen LogP contribution is 2.38. The third kappa shape index (κ3) is 6.80. The van der Waals surface area contributed by atoms with Gasteiger partial charge in [0.05, 0.1) is 31.0 Å². The van der Waals surface area contributed by atoms with Crippen molar-refractivity contribution in [2.24, 2.45) is 0 Å². The molecule has 1 unspecified atom stereocenters. The second kappa shape index (κ2) is 11.9. The molecular formula is C25H18F6N6O4S2. The van der Waals surface area contributed by atoms with Gasteiger partial charge in [-0.25, -0.2) is 9.97 Å². The van der Waals surface area contributed by atoms with Gasteiger partial charge in [0.15, 0.2) is 4.34 Å². The lowest BCUT2D eigenvalue weighted by Crippen LogP contribution is -2.21. The molecule has 0 bridgehead atoms. The Morgan fingerprint density at radius 1 is 1.09 bits per heavy atom. The van der Waals surface area contributed by atoms with Crippen LogP contribution in [0.3, 0.4) is 0 Å². The number of carbonyl (C=O) groups excluding carboxylic acids is 1. The van der Waals surface area contributed by atoms with E-state index >= 15 is 0 Å². The Kier molecular flexibility index (Phi) is 8.44. The van der Waals surface area contributed by atoms with E-state index in [4.69, 9.17) is 9.47 Å². The fourth-order valence-corrected chi connectivity index (χ4v) is 6.08. The maximum atomic E-state index is 13.6. The number of rotatable bonds is 7. The Morgan fingerprint density at radius 3 is 2.53 bits per heavy atom. The number of methoxy groups -OCH3 is 1. The summed E-state index contributed by atoms with van der Waals surface area (Å²) in [5, 5.41) is 10.8. The maximum absolute atomic E-state index is 13.6. The van der Waals surface area contributed by atoms with E-state index in [1.807, 2.05) is 0 Å². The number of nitrogens with zero attached hydrogens (tertiary/aromatic N) is 5. The average molecular weight is 645 g/mol. The van der Waals surface area contributed by atoms with E-state index in [9.17, 15) is 35.9 Å². The number of aromatic nitrogens is 5. The summed E-state index contributed by atoms with van der Waals surface area (Å²) in [4.78, 5) is 33.4. The molecule has 4 aromatic heterocycles. The van der Waals surface area contributed by atoms with Crippen molar-refractivity contribution < 1.29 is 40.6 Å². The lowest BCUT2D eigenvalue weighted by molar-refractivity contribution is -0.141. The van der Waals surface area contributed by atoms with Gasteiger partial charge in [0.2, 0.25) is 5.13 Å². The van der Waals surface area contributed by atoms with E-state index in [0.717, 1.165) is 47.0 Å². The van der Waals surface area contributed by atoms with Gasteiger partial charge in [0, 0.05) is 41.4 Å². The monoisotopic (exact) mass is 644 g/mol. The molecule has 226 valence electrons. The molecule has 1 aliphatic heterocycles. The maximum Gasteiger partial charge on any atom is 0.433 e. The van der Waals surface area contributed by atoms with Crippen molar-refractivity contribution in [1.82, 2.24) is 24.7 Å². The molecule has 5 rings (SSSR count). The lowest BCUT2D eigenvalue weighted by Gasteiger charge is -2.16. The molecule has 0 spiro atoms. The zero-order valence-electron chi connectivity index (χ0n) is 21.7. The highest BCUT2D eigenvalue weighted by molar-refractivity contribution is 8.01. The van der Waals surface area contributed by atoms with Crippen molar-refractivity contribution >= 4 is 34.1 Å². The van der Waals surface area contributed by atoms with Crippen LogP contribution in [0.1, 0.15) is 28.0 Å². The van der Waals surface area contributed by atoms with Crippen LogP contribution < -0.4 is 15.6 Å². The normalized spacial score (nSPS) is 15.5. The van der Waals surface area contributed by atoms with Gasteiger partial charge in [-0.1, -0.05) is 23.1 Å². The fraction of sp³-hybridized carbons (Fsp3) is 0.280. The van der Waals surface area contributed by atoms with Crippen molar-refractivity contribution in [1.29, 1.82) is 0 Å². The number of ether oxygens (including phenoxy) is 2. The first-order valence-corrected chi connectivity index (χ1v) is 13.8. The molecular weight excluding hydrogens is 626 g/mol. The summed E-state index contributed by atoms with van der Waals surface area (Å²) in [7, 11) is 1.17. The van der Waals surface area contributed by atoms with Gasteiger partial charge in [0.1, 0.15) is 17.3 Å². The van der Waals surface area contributed by atoms with Crippen molar-refractivity contribution in [2.45, 2.75) is 28.4 Å². The first-order chi connectivity index (χ1) is 20.3. The second-order valence-corrected chi connectivity index (χ2v) is 11.4. The third-order valence-corrected chi connectivity index (χ3v) is 8.24. The molecule has 10 nitrogen and oxygen atoms in total. The second-order valence-electron chi connectivity index (χ2n) is 8.91. The number of amides is 1. The summed E-state index contributed by atoms with van der Waals surface area (Å²) in [5.74, 6) is -1.27. The molecule has 4 aromatic rings. The van der Waals surface area contributed by atoms with Gasteiger partial charge < -0.3 is 9.47 Å². The summed E-state index contributed by atoms with van der Waals surface area (Å²) in [6, 6.07) is 2.72. The first kappa shape index (κ1) is 30.4. The predicted octanol–water partition coefficient (Wildman–Crippen LogP) is 5.33. The molecule has 0 radical (unpaired) electrons. The minimum absolute atomic E-state index is 0.0954. The Hall–Kier alpha value is -4.03. The number of carbonyl (C=O) groups is 1. The van der Waals surface area contributed by atoms with Crippen LogP contribution in [0, 0.1) is 0 Å². The zero-order valence-corrected chi connectivity index (χ0v) is 23.3. The van der Waals surface area contributed by atoms with Crippen molar-refractivity contribution in [3.8, 4) is 22.7 Å². The van der Waals surface area contributed by atoms with Crippen LogP contribution in [0.25, 0.3) is 16.9 Å². The molecule has 1 saturated heterocycles. The predicted molar refractivity (Wildman–Crippen MR) is 143 cm³/mol. The smallest absolute Gasteiger partial charge is 0.433 e. The van der Waals surface area contributed by atoms with Crippen molar-refractivity contribution in [2.75, 3.05) is 25.6 Å². The van der Waals surface area contributed by atoms with E-state index in [0.29, 0.717) is 35.8 Å².